The molecule has 1 atom stereocenters. The Morgan fingerprint density at radius 1 is 0.960 bits per heavy atom. The smallest absolute Gasteiger partial charge is 0.123 e. The summed E-state index contributed by atoms with van der Waals surface area (Å²) < 4.78 is 26.5. The molecule has 0 aromatic heterocycles. The Balaban J connectivity index is 1.68. The molecule has 1 heterocycles. The van der Waals surface area contributed by atoms with E-state index in [4.69, 9.17) is 0 Å². The lowest BCUT2D eigenvalue weighted by Crippen LogP contribution is -2.38. The van der Waals surface area contributed by atoms with Crippen LogP contribution in [-0.2, 0) is 0 Å². The maximum atomic E-state index is 13.3. The van der Waals surface area contributed by atoms with E-state index in [1.165, 1.54) is 24.3 Å². The van der Waals surface area contributed by atoms with Crippen molar-refractivity contribution < 1.29 is 13.9 Å². The molecule has 1 aliphatic heterocycles. The average Bonchev–Trinajstić information content (AvgIpc) is 2.61. The van der Waals surface area contributed by atoms with Crippen molar-refractivity contribution in [2.75, 3.05) is 19.6 Å². The number of benzene rings is 2. The van der Waals surface area contributed by atoms with E-state index in [1.807, 2.05) is 24.3 Å². The third kappa shape index (κ3) is 5.10. The molecule has 1 N–H and O–H groups in total. The first-order valence-electron chi connectivity index (χ1n) is 9.03. The lowest BCUT2D eigenvalue weighted by molar-refractivity contribution is 0.0697. The third-order valence-corrected chi connectivity index (χ3v) is 4.99. The number of aliphatic hydroxyl groups excluding tert-OH is 1. The van der Waals surface area contributed by atoms with Gasteiger partial charge in [0.1, 0.15) is 11.6 Å². The van der Waals surface area contributed by atoms with Crippen LogP contribution in [0.4, 0.5) is 8.78 Å². The highest BCUT2D eigenvalue weighted by molar-refractivity contribution is 5.32. The van der Waals surface area contributed by atoms with Crippen molar-refractivity contribution in [1.29, 1.82) is 0 Å². The Labute approximate surface area is 148 Å². The van der Waals surface area contributed by atoms with Crippen LogP contribution in [0.3, 0.4) is 0 Å². The van der Waals surface area contributed by atoms with Gasteiger partial charge in [0.05, 0.1) is 6.10 Å². The van der Waals surface area contributed by atoms with Gasteiger partial charge in [-0.3, -0.25) is 0 Å². The van der Waals surface area contributed by atoms with Gasteiger partial charge in [-0.1, -0.05) is 24.3 Å². The summed E-state index contributed by atoms with van der Waals surface area (Å²) in [6.07, 6.45) is 3.61. The fourth-order valence-corrected chi connectivity index (χ4v) is 3.67. The maximum Gasteiger partial charge on any atom is 0.123 e. The quantitative estimate of drug-likeness (QED) is 0.842. The molecule has 0 aliphatic carbocycles. The molecule has 4 heteroatoms. The zero-order valence-corrected chi connectivity index (χ0v) is 14.4. The summed E-state index contributed by atoms with van der Waals surface area (Å²) in [6.45, 7) is 2.72. The molecular weight excluding hydrogens is 320 g/mol. The van der Waals surface area contributed by atoms with Gasteiger partial charge in [-0.05, 0) is 74.2 Å². The fraction of sp³-hybridized carbons (Fsp3) is 0.429. The van der Waals surface area contributed by atoms with Crippen LogP contribution in [0.2, 0.25) is 0 Å². The van der Waals surface area contributed by atoms with Crippen LogP contribution >= 0.6 is 0 Å². The number of β-amino-alcohol motifs (C(OH)–C–C–N with tert-alkyl or cyclic N) is 1. The van der Waals surface area contributed by atoms with Crippen molar-refractivity contribution in [2.45, 2.75) is 37.7 Å². The Kier molecular flexibility index (Phi) is 6.16. The van der Waals surface area contributed by atoms with Crippen molar-refractivity contribution in [2.24, 2.45) is 0 Å². The second-order valence-electron chi connectivity index (χ2n) is 6.89. The molecule has 0 spiro atoms. The number of aliphatic hydroxyl groups is 1. The van der Waals surface area contributed by atoms with Crippen molar-refractivity contribution in [3.63, 3.8) is 0 Å². The van der Waals surface area contributed by atoms with Crippen molar-refractivity contribution in [3.8, 4) is 0 Å². The number of halogens is 2. The molecule has 1 fully saturated rings. The van der Waals surface area contributed by atoms with E-state index in [1.54, 1.807) is 0 Å². The molecule has 0 radical (unpaired) electrons. The molecule has 0 bridgehead atoms. The van der Waals surface area contributed by atoms with E-state index in [-0.39, 0.29) is 23.7 Å². The van der Waals surface area contributed by atoms with E-state index < -0.39 is 0 Å². The summed E-state index contributed by atoms with van der Waals surface area (Å²) in [5.74, 6) is -0.372. The number of piperidine rings is 1. The molecular formula is C21H25F2NO. The van der Waals surface area contributed by atoms with Gasteiger partial charge in [0.2, 0.25) is 0 Å². The number of hydrogen-bond donors (Lipinski definition) is 1. The Morgan fingerprint density at radius 3 is 2.04 bits per heavy atom. The minimum absolute atomic E-state index is 0.121. The van der Waals surface area contributed by atoms with Crippen LogP contribution in [0.5, 0.6) is 0 Å². The van der Waals surface area contributed by atoms with Gasteiger partial charge >= 0.3 is 0 Å². The van der Waals surface area contributed by atoms with Crippen LogP contribution in [-0.4, -0.2) is 35.7 Å². The summed E-state index contributed by atoms with van der Waals surface area (Å²) in [5.41, 5.74) is 2.10. The summed E-state index contributed by atoms with van der Waals surface area (Å²) in [4.78, 5) is 2.31. The normalized spacial score (nSPS) is 18.6. The maximum absolute atomic E-state index is 13.3. The second-order valence-corrected chi connectivity index (χ2v) is 6.89. The van der Waals surface area contributed by atoms with Gasteiger partial charge in [0.15, 0.2) is 0 Å². The zero-order chi connectivity index (χ0) is 17.6. The van der Waals surface area contributed by atoms with E-state index in [0.29, 0.717) is 0 Å². The topological polar surface area (TPSA) is 23.5 Å². The van der Waals surface area contributed by atoms with Gasteiger partial charge in [-0.2, -0.15) is 0 Å². The largest absolute Gasteiger partial charge is 0.392 e. The van der Waals surface area contributed by atoms with Crippen molar-refractivity contribution in [1.82, 2.24) is 4.90 Å². The van der Waals surface area contributed by atoms with Crippen LogP contribution in [0.15, 0.2) is 48.5 Å². The summed E-state index contributed by atoms with van der Waals surface area (Å²) >= 11 is 0. The molecule has 3 rings (SSSR count). The lowest BCUT2D eigenvalue weighted by atomic mass is 9.87. The monoisotopic (exact) mass is 345 g/mol. The lowest BCUT2D eigenvalue weighted by Gasteiger charge is -2.30. The summed E-state index contributed by atoms with van der Waals surface area (Å²) in [5, 5.41) is 9.78. The zero-order valence-electron chi connectivity index (χ0n) is 14.4. The first kappa shape index (κ1) is 18.0. The Hall–Kier alpha value is -1.78. The standard InChI is InChI=1S/C21H25F2NO/c22-18-9-5-16(6-10-18)21(17-7-11-19(23)12-8-17)4-2-14-24-13-1-3-20(25)15-24/h5-12,20-21,25H,1-4,13-15H2/t20-/m1/s1. The van der Waals surface area contributed by atoms with E-state index >= 15 is 0 Å². The van der Waals surface area contributed by atoms with Gasteiger partial charge in [0.25, 0.3) is 0 Å². The molecule has 1 saturated heterocycles. The number of rotatable bonds is 6. The van der Waals surface area contributed by atoms with Crippen LogP contribution in [0, 0.1) is 11.6 Å². The molecule has 2 nitrogen and oxygen atoms in total. The SMILES string of the molecule is O[C@@H]1CCCN(CCCC(c2ccc(F)cc2)c2ccc(F)cc2)C1. The Bertz CT molecular complexity index is 611. The molecule has 134 valence electrons. The molecule has 2 aromatic rings. The van der Waals surface area contributed by atoms with Gasteiger partial charge in [0, 0.05) is 12.5 Å². The number of nitrogens with zero attached hydrogens (tertiary/aromatic N) is 1. The minimum atomic E-state index is -0.246. The van der Waals surface area contributed by atoms with Crippen molar-refractivity contribution in [3.05, 3.63) is 71.3 Å². The number of likely N-dealkylation sites (tertiary alicyclic amines) is 1. The van der Waals surface area contributed by atoms with Crippen molar-refractivity contribution >= 4 is 0 Å². The van der Waals surface area contributed by atoms with Crippen LogP contribution in [0.25, 0.3) is 0 Å². The molecule has 0 unspecified atom stereocenters. The van der Waals surface area contributed by atoms with Crippen LogP contribution in [0.1, 0.15) is 42.7 Å². The first-order chi connectivity index (χ1) is 12.1. The van der Waals surface area contributed by atoms with E-state index in [2.05, 4.69) is 4.90 Å². The molecule has 0 amide bonds. The summed E-state index contributed by atoms with van der Waals surface area (Å²) in [6, 6.07) is 13.2. The molecule has 2 aromatic carbocycles. The van der Waals surface area contributed by atoms with E-state index in [0.717, 1.165) is 56.4 Å². The number of hydrogen-bond acceptors (Lipinski definition) is 2. The highest BCUT2D eigenvalue weighted by atomic mass is 19.1. The average molecular weight is 345 g/mol. The van der Waals surface area contributed by atoms with Gasteiger partial charge < -0.3 is 10.0 Å². The predicted octanol–water partition coefficient (Wildman–Crippen LogP) is 4.33. The minimum Gasteiger partial charge on any atom is -0.392 e. The Morgan fingerprint density at radius 2 is 1.52 bits per heavy atom. The molecule has 0 saturated carbocycles. The third-order valence-electron chi connectivity index (χ3n) is 4.99. The highest BCUT2D eigenvalue weighted by Gasteiger charge is 2.19. The predicted molar refractivity (Wildman–Crippen MR) is 95.6 cm³/mol. The molecule has 25 heavy (non-hydrogen) atoms. The van der Waals surface area contributed by atoms with Gasteiger partial charge in [-0.25, -0.2) is 8.78 Å². The highest BCUT2D eigenvalue weighted by Crippen LogP contribution is 2.30. The van der Waals surface area contributed by atoms with E-state index in [9.17, 15) is 13.9 Å². The van der Waals surface area contributed by atoms with Crippen LogP contribution < -0.4 is 0 Å². The summed E-state index contributed by atoms with van der Waals surface area (Å²) in [7, 11) is 0. The first-order valence-corrected chi connectivity index (χ1v) is 9.03. The molecule has 1 aliphatic rings. The fourth-order valence-electron chi connectivity index (χ4n) is 3.67. The van der Waals surface area contributed by atoms with Gasteiger partial charge in [-0.15, -0.1) is 0 Å². The second kappa shape index (κ2) is 8.54.